The summed E-state index contributed by atoms with van der Waals surface area (Å²) in [7, 11) is 0. The first-order valence-electron chi connectivity index (χ1n) is 3.49. The van der Waals surface area contributed by atoms with Crippen LogP contribution >= 0.6 is 23.2 Å². The van der Waals surface area contributed by atoms with Crippen LogP contribution in [0.4, 0.5) is 0 Å². The van der Waals surface area contributed by atoms with Gasteiger partial charge >= 0.3 is 0 Å². The quantitative estimate of drug-likeness (QED) is 0.770. The molecule has 12 heavy (non-hydrogen) atoms. The van der Waals surface area contributed by atoms with Crippen LogP contribution in [0.5, 0.6) is 0 Å². The molecule has 0 aromatic heterocycles. The lowest BCUT2D eigenvalue weighted by molar-refractivity contribution is 0.141. The zero-order valence-electron chi connectivity index (χ0n) is 6.39. The largest absolute Gasteiger partial charge is 0.304 e. The van der Waals surface area contributed by atoms with Crippen molar-refractivity contribution < 1.29 is 4.84 Å². The summed E-state index contributed by atoms with van der Waals surface area (Å²) in [4.78, 5) is 4.44. The second-order valence-electron chi connectivity index (χ2n) is 2.37. The average molecular weight is 206 g/mol. The number of halogens is 2. The zero-order valence-corrected chi connectivity index (χ0v) is 7.90. The van der Waals surface area contributed by atoms with Crippen molar-refractivity contribution in [2.75, 3.05) is 6.61 Å². The van der Waals surface area contributed by atoms with E-state index in [0.717, 1.165) is 12.0 Å². The monoisotopic (exact) mass is 205 g/mol. The Morgan fingerprint density at radius 1 is 1.25 bits per heavy atom. The molecule has 0 spiro atoms. The molecule has 0 heterocycles. The van der Waals surface area contributed by atoms with E-state index in [1.807, 2.05) is 12.1 Å². The third-order valence-electron chi connectivity index (χ3n) is 1.49. The molecule has 0 aliphatic rings. The van der Waals surface area contributed by atoms with Crippen molar-refractivity contribution in [2.24, 2.45) is 5.90 Å². The second-order valence-corrected chi connectivity index (χ2v) is 3.18. The van der Waals surface area contributed by atoms with Crippen LogP contribution in [0, 0.1) is 0 Å². The molecule has 4 heteroatoms. The molecule has 1 aromatic rings. The first kappa shape index (κ1) is 9.81. The van der Waals surface area contributed by atoms with E-state index in [0.29, 0.717) is 16.7 Å². The van der Waals surface area contributed by atoms with Crippen LogP contribution in [-0.2, 0) is 11.3 Å². The summed E-state index contributed by atoms with van der Waals surface area (Å²) < 4.78 is 0. The zero-order chi connectivity index (χ0) is 8.97. The van der Waals surface area contributed by atoms with Gasteiger partial charge < -0.3 is 4.84 Å². The van der Waals surface area contributed by atoms with Gasteiger partial charge in [0.1, 0.15) is 0 Å². The molecule has 0 atom stereocenters. The number of rotatable bonds is 3. The minimum absolute atomic E-state index is 0.484. The summed E-state index contributed by atoms with van der Waals surface area (Å²) >= 11 is 11.5. The van der Waals surface area contributed by atoms with Crippen LogP contribution < -0.4 is 5.90 Å². The fraction of sp³-hybridized carbons (Fsp3) is 0.250. The van der Waals surface area contributed by atoms with Crippen molar-refractivity contribution in [3.05, 3.63) is 33.8 Å². The summed E-state index contributed by atoms with van der Waals surface area (Å²) in [5.41, 5.74) is 1.06. The summed E-state index contributed by atoms with van der Waals surface area (Å²) in [6, 6.07) is 5.46. The Morgan fingerprint density at radius 3 is 2.58 bits per heavy atom. The van der Waals surface area contributed by atoms with Crippen LogP contribution in [0.25, 0.3) is 0 Å². The van der Waals surface area contributed by atoms with Gasteiger partial charge in [-0.2, -0.15) is 0 Å². The van der Waals surface area contributed by atoms with Crippen LogP contribution in [0.15, 0.2) is 18.2 Å². The fourth-order valence-corrected chi connectivity index (χ4v) is 1.19. The highest BCUT2D eigenvalue weighted by molar-refractivity contribution is 6.42. The van der Waals surface area contributed by atoms with Crippen molar-refractivity contribution in [3.8, 4) is 0 Å². The van der Waals surface area contributed by atoms with Gasteiger partial charge in [-0.15, -0.1) is 0 Å². The first-order valence-corrected chi connectivity index (χ1v) is 4.25. The molecule has 0 unspecified atom stereocenters. The minimum atomic E-state index is 0.484. The Hall–Kier alpha value is -0.280. The van der Waals surface area contributed by atoms with Gasteiger partial charge in [0.2, 0.25) is 0 Å². The molecule has 0 saturated heterocycles. The SMILES string of the molecule is NOCCc1ccc(Cl)c(Cl)c1. The van der Waals surface area contributed by atoms with Crippen molar-refractivity contribution in [1.82, 2.24) is 0 Å². The van der Waals surface area contributed by atoms with Crippen LogP contribution in [0.2, 0.25) is 10.0 Å². The number of hydrogen-bond acceptors (Lipinski definition) is 2. The molecule has 0 bridgehead atoms. The van der Waals surface area contributed by atoms with Gasteiger partial charge in [0.25, 0.3) is 0 Å². The third-order valence-corrected chi connectivity index (χ3v) is 2.23. The Kier molecular flexibility index (Phi) is 3.82. The average Bonchev–Trinajstić information content (AvgIpc) is 2.07. The maximum Gasteiger partial charge on any atom is 0.0719 e. The number of benzene rings is 1. The highest BCUT2D eigenvalue weighted by atomic mass is 35.5. The highest BCUT2D eigenvalue weighted by Gasteiger charge is 1.98. The minimum Gasteiger partial charge on any atom is -0.304 e. The Balaban J connectivity index is 2.69. The van der Waals surface area contributed by atoms with Crippen LogP contribution in [-0.4, -0.2) is 6.61 Å². The van der Waals surface area contributed by atoms with E-state index in [2.05, 4.69) is 4.84 Å². The Labute approximate surface area is 81.2 Å². The standard InChI is InChI=1S/C8H9Cl2NO/c9-7-2-1-6(3-4-12-11)5-8(7)10/h1-2,5H,3-4,11H2. The first-order chi connectivity index (χ1) is 5.74. The molecule has 0 saturated carbocycles. The van der Waals surface area contributed by atoms with E-state index in [-0.39, 0.29) is 0 Å². The Bertz CT molecular complexity index is 265. The summed E-state index contributed by atoms with van der Waals surface area (Å²) in [5.74, 6) is 4.89. The lowest BCUT2D eigenvalue weighted by atomic mass is 10.2. The van der Waals surface area contributed by atoms with E-state index in [9.17, 15) is 0 Å². The lowest BCUT2D eigenvalue weighted by Crippen LogP contribution is -2.03. The fourth-order valence-electron chi connectivity index (χ4n) is 0.872. The smallest absolute Gasteiger partial charge is 0.0719 e. The van der Waals surface area contributed by atoms with Crippen LogP contribution in [0.3, 0.4) is 0 Å². The molecule has 0 aliphatic carbocycles. The van der Waals surface area contributed by atoms with E-state index in [1.54, 1.807) is 6.07 Å². The van der Waals surface area contributed by atoms with E-state index in [1.165, 1.54) is 0 Å². The molecule has 0 amide bonds. The van der Waals surface area contributed by atoms with Gasteiger partial charge in [-0.1, -0.05) is 29.3 Å². The second kappa shape index (κ2) is 4.67. The summed E-state index contributed by atoms with van der Waals surface area (Å²) in [5, 5.41) is 1.13. The maximum absolute atomic E-state index is 5.79. The van der Waals surface area contributed by atoms with Gasteiger partial charge in [0.05, 0.1) is 16.7 Å². The molecule has 2 nitrogen and oxygen atoms in total. The molecular formula is C8H9Cl2NO. The molecule has 0 fully saturated rings. The van der Waals surface area contributed by atoms with Crippen molar-refractivity contribution >= 4 is 23.2 Å². The van der Waals surface area contributed by atoms with Gasteiger partial charge in [-0.3, -0.25) is 0 Å². The van der Waals surface area contributed by atoms with E-state index in [4.69, 9.17) is 29.1 Å². The molecule has 0 radical (unpaired) electrons. The predicted molar refractivity (Wildman–Crippen MR) is 50.3 cm³/mol. The van der Waals surface area contributed by atoms with Gasteiger partial charge in [0.15, 0.2) is 0 Å². The normalized spacial score (nSPS) is 10.2. The molecule has 0 aliphatic heterocycles. The molecule has 2 N–H and O–H groups in total. The van der Waals surface area contributed by atoms with Crippen molar-refractivity contribution in [2.45, 2.75) is 6.42 Å². The third kappa shape index (κ3) is 2.64. The maximum atomic E-state index is 5.79. The molecule has 1 rings (SSSR count). The molecular weight excluding hydrogens is 197 g/mol. The molecule has 66 valence electrons. The summed E-state index contributed by atoms with van der Waals surface area (Å²) in [6.07, 6.45) is 0.743. The van der Waals surface area contributed by atoms with Gasteiger partial charge in [0, 0.05) is 0 Å². The van der Waals surface area contributed by atoms with Gasteiger partial charge in [-0.05, 0) is 24.1 Å². The lowest BCUT2D eigenvalue weighted by Gasteiger charge is -2.01. The topological polar surface area (TPSA) is 35.2 Å². The number of nitrogens with two attached hydrogens (primary N) is 1. The highest BCUT2D eigenvalue weighted by Crippen LogP contribution is 2.22. The number of hydrogen-bond donors (Lipinski definition) is 1. The van der Waals surface area contributed by atoms with E-state index < -0.39 is 0 Å². The summed E-state index contributed by atoms with van der Waals surface area (Å²) in [6.45, 7) is 0.484. The Morgan fingerprint density at radius 2 is 2.00 bits per heavy atom. The van der Waals surface area contributed by atoms with Crippen molar-refractivity contribution in [1.29, 1.82) is 0 Å². The van der Waals surface area contributed by atoms with Gasteiger partial charge in [-0.25, -0.2) is 5.90 Å². The van der Waals surface area contributed by atoms with E-state index >= 15 is 0 Å². The predicted octanol–water partition coefficient (Wildman–Crippen LogP) is 2.43. The van der Waals surface area contributed by atoms with Crippen LogP contribution in [0.1, 0.15) is 5.56 Å². The molecule has 1 aromatic carbocycles. The van der Waals surface area contributed by atoms with Crippen molar-refractivity contribution in [3.63, 3.8) is 0 Å².